The molecule has 0 aliphatic carbocycles. The number of nitrogens with zero attached hydrogens (tertiary/aromatic N) is 4. The Morgan fingerprint density at radius 3 is 1.67 bits per heavy atom. The number of para-hydroxylation sites is 3. The topological polar surface area (TPSA) is 35.6 Å². The van der Waals surface area contributed by atoms with Gasteiger partial charge in [0.25, 0.3) is 0 Å². The molecule has 0 bridgehead atoms. The SMILES string of the molecule is c1ccc(-c2cc(-c3ccc4sc5ccccc5c4c3)nc(-n3c4ccccc4c4cc5c6ccccc6n(-c6ccccc6)c5cc43)n2)cc1. The smallest absolute Gasteiger partial charge is 0.235 e. The van der Waals surface area contributed by atoms with E-state index in [1.54, 1.807) is 0 Å². The van der Waals surface area contributed by atoms with Crippen LogP contribution in [-0.4, -0.2) is 19.1 Å². The van der Waals surface area contributed by atoms with Crippen LogP contribution in [0.3, 0.4) is 0 Å². The summed E-state index contributed by atoms with van der Waals surface area (Å²) < 4.78 is 7.20. The molecule has 0 N–H and O–H groups in total. The molecule has 0 radical (unpaired) electrons. The minimum absolute atomic E-state index is 0.648. The van der Waals surface area contributed by atoms with Gasteiger partial charge in [0.2, 0.25) is 5.95 Å². The normalized spacial score (nSPS) is 11.9. The molecule has 4 aromatic heterocycles. The number of hydrogen-bond donors (Lipinski definition) is 0. The lowest BCUT2D eigenvalue weighted by molar-refractivity contribution is 0.996. The van der Waals surface area contributed by atoms with Gasteiger partial charge in [0.15, 0.2) is 0 Å². The highest BCUT2D eigenvalue weighted by Crippen LogP contribution is 2.40. The van der Waals surface area contributed by atoms with E-state index < -0.39 is 0 Å². The van der Waals surface area contributed by atoms with Gasteiger partial charge in [-0.2, -0.15) is 0 Å². The van der Waals surface area contributed by atoms with Gasteiger partial charge in [0.05, 0.1) is 33.5 Å². The van der Waals surface area contributed by atoms with Crippen molar-refractivity contribution < 1.29 is 0 Å². The van der Waals surface area contributed by atoms with Crippen molar-refractivity contribution in [2.24, 2.45) is 0 Å². The molecule has 0 aliphatic heterocycles. The third-order valence-electron chi connectivity index (χ3n) is 10.1. The van der Waals surface area contributed by atoms with E-state index in [1.807, 2.05) is 17.4 Å². The second kappa shape index (κ2) is 11.0. The molecule has 11 rings (SSSR count). The molecule has 0 spiro atoms. The molecule has 7 aromatic carbocycles. The van der Waals surface area contributed by atoms with E-state index >= 15 is 0 Å². The molecule has 5 heteroatoms. The summed E-state index contributed by atoms with van der Waals surface area (Å²) >= 11 is 1.83. The van der Waals surface area contributed by atoms with Gasteiger partial charge in [-0.15, -0.1) is 11.3 Å². The average molecular weight is 669 g/mol. The van der Waals surface area contributed by atoms with E-state index in [2.05, 4.69) is 173 Å². The lowest BCUT2D eigenvalue weighted by Crippen LogP contribution is -2.04. The standard InChI is InChI=1S/C46H28N4S/c1-3-13-29(14-4-1)38-27-39(30-23-24-45-37(25-30)34-19-9-12-22-44(34)51-45)48-46(47-38)50-41-21-11-8-18-33(41)36-26-35-32-17-7-10-20-40(32)49(42(35)28-43(36)50)31-15-5-2-6-16-31/h1-28H. The first-order chi connectivity index (χ1) is 25.3. The summed E-state index contributed by atoms with van der Waals surface area (Å²) in [6, 6.07) is 60.6. The van der Waals surface area contributed by atoms with Crippen molar-refractivity contribution in [3.8, 4) is 34.2 Å². The third-order valence-corrected chi connectivity index (χ3v) is 11.3. The van der Waals surface area contributed by atoms with Gasteiger partial charge in [0.1, 0.15) is 0 Å². The van der Waals surface area contributed by atoms with Crippen LogP contribution in [-0.2, 0) is 0 Å². The number of hydrogen-bond acceptors (Lipinski definition) is 3. The summed E-state index contributed by atoms with van der Waals surface area (Å²) in [5, 5.41) is 7.33. The highest BCUT2D eigenvalue weighted by molar-refractivity contribution is 7.25. The van der Waals surface area contributed by atoms with Gasteiger partial charge in [-0.3, -0.25) is 4.57 Å². The monoisotopic (exact) mass is 668 g/mol. The Hall–Kier alpha value is -6.56. The maximum absolute atomic E-state index is 5.40. The molecule has 0 unspecified atom stereocenters. The Kier molecular flexibility index (Phi) is 6.09. The van der Waals surface area contributed by atoms with Crippen LogP contribution >= 0.6 is 11.3 Å². The summed E-state index contributed by atoms with van der Waals surface area (Å²) in [7, 11) is 0. The third kappa shape index (κ3) is 4.32. The molecule has 4 heterocycles. The van der Waals surface area contributed by atoms with Crippen molar-refractivity contribution in [2.45, 2.75) is 0 Å². The molecular weight excluding hydrogens is 641 g/mol. The minimum Gasteiger partial charge on any atom is -0.309 e. The minimum atomic E-state index is 0.648. The number of benzene rings is 7. The molecule has 0 saturated heterocycles. The number of aromatic nitrogens is 4. The van der Waals surface area contributed by atoms with E-state index in [9.17, 15) is 0 Å². The van der Waals surface area contributed by atoms with Crippen LogP contribution in [0.5, 0.6) is 0 Å². The second-order valence-electron chi connectivity index (χ2n) is 13.0. The molecule has 0 atom stereocenters. The van der Waals surface area contributed by atoms with E-state index in [0.717, 1.165) is 44.8 Å². The van der Waals surface area contributed by atoms with Gasteiger partial charge < -0.3 is 4.57 Å². The Balaban J connectivity index is 1.23. The van der Waals surface area contributed by atoms with Crippen LogP contribution in [0.4, 0.5) is 0 Å². The Labute approximate surface area is 297 Å². The van der Waals surface area contributed by atoms with Crippen LogP contribution in [0.2, 0.25) is 0 Å². The number of rotatable bonds is 4. The van der Waals surface area contributed by atoms with Gasteiger partial charge in [-0.25, -0.2) is 9.97 Å². The van der Waals surface area contributed by atoms with Gasteiger partial charge in [0, 0.05) is 58.5 Å². The van der Waals surface area contributed by atoms with Crippen molar-refractivity contribution in [3.05, 3.63) is 170 Å². The highest BCUT2D eigenvalue weighted by atomic mass is 32.1. The van der Waals surface area contributed by atoms with Gasteiger partial charge >= 0.3 is 0 Å². The van der Waals surface area contributed by atoms with Crippen LogP contribution in [0.25, 0.3) is 97.9 Å². The van der Waals surface area contributed by atoms with Crippen molar-refractivity contribution in [2.75, 3.05) is 0 Å². The maximum Gasteiger partial charge on any atom is 0.235 e. The van der Waals surface area contributed by atoms with E-state index in [0.29, 0.717) is 5.95 Å². The Bertz CT molecular complexity index is 3130. The number of thiophene rings is 1. The van der Waals surface area contributed by atoms with Crippen LogP contribution in [0.1, 0.15) is 0 Å². The van der Waals surface area contributed by atoms with E-state index in [4.69, 9.17) is 9.97 Å². The molecule has 238 valence electrons. The zero-order valence-electron chi connectivity index (χ0n) is 27.4. The fourth-order valence-electron chi connectivity index (χ4n) is 7.83. The quantitative estimate of drug-likeness (QED) is 0.187. The van der Waals surface area contributed by atoms with E-state index in [-0.39, 0.29) is 0 Å². The van der Waals surface area contributed by atoms with Crippen molar-refractivity contribution in [1.29, 1.82) is 0 Å². The molecule has 0 amide bonds. The summed E-state index contributed by atoms with van der Waals surface area (Å²) in [5.41, 5.74) is 9.50. The first-order valence-electron chi connectivity index (χ1n) is 17.2. The number of fused-ring (bicyclic) bond motifs is 9. The average Bonchev–Trinajstić information content (AvgIpc) is 3.84. The first kappa shape index (κ1) is 28.3. The zero-order chi connectivity index (χ0) is 33.5. The maximum atomic E-state index is 5.40. The van der Waals surface area contributed by atoms with Crippen LogP contribution in [0, 0.1) is 0 Å². The fraction of sp³-hybridized carbons (Fsp3) is 0. The largest absolute Gasteiger partial charge is 0.309 e. The fourth-order valence-corrected chi connectivity index (χ4v) is 8.91. The second-order valence-corrected chi connectivity index (χ2v) is 14.1. The van der Waals surface area contributed by atoms with Crippen molar-refractivity contribution in [3.63, 3.8) is 0 Å². The molecule has 0 fully saturated rings. The van der Waals surface area contributed by atoms with Crippen molar-refractivity contribution in [1.82, 2.24) is 19.1 Å². The predicted octanol–water partition coefficient (Wildman–Crippen LogP) is 12.4. The Morgan fingerprint density at radius 2 is 0.922 bits per heavy atom. The summed E-state index contributed by atoms with van der Waals surface area (Å²) in [4.78, 5) is 10.7. The lowest BCUT2D eigenvalue weighted by Gasteiger charge is -2.12. The predicted molar refractivity (Wildman–Crippen MR) is 214 cm³/mol. The molecular formula is C46H28N4S. The zero-order valence-corrected chi connectivity index (χ0v) is 28.2. The molecule has 51 heavy (non-hydrogen) atoms. The molecule has 0 aliphatic rings. The summed E-state index contributed by atoms with van der Waals surface area (Å²) in [6.07, 6.45) is 0. The van der Waals surface area contributed by atoms with Crippen molar-refractivity contribution >= 4 is 75.1 Å². The van der Waals surface area contributed by atoms with Crippen LogP contribution < -0.4 is 0 Å². The van der Waals surface area contributed by atoms with E-state index in [1.165, 1.54) is 47.2 Å². The lowest BCUT2D eigenvalue weighted by atomic mass is 10.0. The van der Waals surface area contributed by atoms with Gasteiger partial charge in [-0.05, 0) is 60.7 Å². The highest BCUT2D eigenvalue weighted by Gasteiger charge is 2.21. The first-order valence-corrected chi connectivity index (χ1v) is 18.0. The molecule has 4 nitrogen and oxygen atoms in total. The molecule has 11 aromatic rings. The van der Waals surface area contributed by atoms with Crippen LogP contribution in [0.15, 0.2) is 170 Å². The molecule has 0 saturated carbocycles. The van der Waals surface area contributed by atoms with Gasteiger partial charge in [-0.1, -0.05) is 109 Å². The summed E-state index contributed by atoms with van der Waals surface area (Å²) in [6.45, 7) is 0. The summed E-state index contributed by atoms with van der Waals surface area (Å²) in [5.74, 6) is 0.648. The Morgan fingerprint density at radius 1 is 0.353 bits per heavy atom.